The van der Waals surface area contributed by atoms with E-state index in [9.17, 15) is 4.91 Å². The van der Waals surface area contributed by atoms with E-state index in [0.717, 1.165) is 16.7 Å². The van der Waals surface area contributed by atoms with Gasteiger partial charge in [0.25, 0.3) is 0 Å². The molecule has 0 saturated carbocycles. The lowest BCUT2D eigenvalue weighted by Gasteiger charge is -2.05. The number of aromatic nitrogens is 1. The third-order valence-electron chi connectivity index (χ3n) is 2.31. The van der Waals surface area contributed by atoms with Crippen LogP contribution in [0.5, 0.6) is 0 Å². The summed E-state index contributed by atoms with van der Waals surface area (Å²) in [6.45, 7) is 0.113. The number of halogens is 2. The molecule has 0 fully saturated rings. The molecule has 0 aliphatic carbocycles. The predicted octanol–water partition coefficient (Wildman–Crippen LogP) is 4.25. The van der Waals surface area contributed by atoms with Gasteiger partial charge in [-0.1, -0.05) is 40.5 Å². The van der Waals surface area contributed by atoms with Crippen LogP contribution in [0.2, 0.25) is 10.0 Å². The van der Waals surface area contributed by atoms with E-state index in [2.05, 4.69) is 10.2 Å². The van der Waals surface area contributed by atoms with E-state index in [-0.39, 0.29) is 6.54 Å². The third kappa shape index (κ3) is 1.96. The van der Waals surface area contributed by atoms with Crippen LogP contribution in [0.15, 0.2) is 35.8 Å². The molecule has 1 N–H and O–H groups in total. The Morgan fingerprint density at radius 3 is 2.75 bits per heavy atom. The highest BCUT2D eigenvalue weighted by atomic mass is 35.5. The molecule has 0 amide bonds. The molecule has 1 heterocycles. The van der Waals surface area contributed by atoms with Crippen LogP contribution < -0.4 is 0 Å². The lowest BCUT2D eigenvalue weighted by Crippen LogP contribution is -1.84. The minimum Gasteiger partial charge on any atom is -0.367 e. The first-order valence-corrected chi connectivity index (χ1v) is 5.38. The highest BCUT2D eigenvalue weighted by Crippen LogP contribution is 2.35. The van der Waals surface area contributed by atoms with Crippen molar-refractivity contribution in [2.45, 2.75) is 6.54 Å². The molecular weight excluding hydrogens is 247 g/mol. The fourth-order valence-electron chi connectivity index (χ4n) is 1.56. The van der Waals surface area contributed by atoms with Gasteiger partial charge in [-0.25, -0.2) is 0 Å². The Kier molecular flexibility index (Phi) is 3.27. The van der Waals surface area contributed by atoms with E-state index >= 15 is 0 Å². The average Bonchev–Trinajstić information content (AvgIpc) is 2.71. The van der Waals surface area contributed by atoms with Gasteiger partial charge in [0.15, 0.2) is 0 Å². The second-order valence-electron chi connectivity index (χ2n) is 3.28. The SMILES string of the molecule is O=NCc1c[nH]cc1-c1cccc(Cl)c1Cl. The second kappa shape index (κ2) is 4.68. The van der Waals surface area contributed by atoms with Gasteiger partial charge >= 0.3 is 0 Å². The Hall–Kier alpha value is -1.32. The first kappa shape index (κ1) is 11.2. The number of rotatable bonds is 3. The first-order chi connectivity index (χ1) is 7.74. The molecule has 0 atom stereocenters. The number of aromatic amines is 1. The minimum absolute atomic E-state index is 0.113. The van der Waals surface area contributed by atoms with Gasteiger partial charge in [-0.3, -0.25) is 0 Å². The highest BCUT2D eigenvalue weighted by Gasteiger charge is 2.11. The fraction of sp³-hybridized carbons (Fsp3) is 0.0909. The summed E-state index contributed by atoms with van der Waals surface area (Å²) in [5.41, 5.74) is 2.46. The Labute approximate surface area is 102 Å². The van der Waals surface area contributed by atoms with Crippen molar-refractivity contribution in [3.05, 3.63) is 51.1 Å². The van der Waals surface area contributed by atoms with Gasteiger partial charge in [-0.15, -0.1) is 0 Å². The topological polar surface area (TPSA) is 45.2 Å². The molecule has 0 bridgehead atoms. The Balaban J connectivity index is 2.54. The van der Waals surface area contributed by atoms with Crippen molar-refractivity contribution in [3.8, 4) is 11.1 Å². The molecule has 1 aromatic heterocycles. The maximum atomic E-state index is 10.3. The lowest BCUT2D eigenvalue weighted by molar-refractivity contribution is 1.06. The zero-order valence-electron chi connectivity index (χ0n) is 8.21. The van der Waals surface area contributed by atoms with E-state index < -0.39 is 0 Å². The van der Waals surface area contributed by atoms with Crippen molar-refractivity contribution in [1.82, 2.24) is 4.98 Å². The highest BCUT2D eigenvalue weighted by molar-refractivity contribution is 6.43. The van der Waals surface area contributed by atoms with E-state index in [0.29, 0.717) is 10.0 Å². The summed E-state index contributed by atoms with van der Waals surface area (Å²) in [4.78, 5) is 13.2. The predicted molar refractivity (Wildman–Crippen MR) is 65.7 cm³/mol. The fourth-order valence-corrected chi connectivity index (χ4v) is 1.96. The number of nitrogens with one attached hydrogen (secondary N) is 1. The average molecular weight is 255 g/mol. The molecule has 0 spiro atoms. The van der Waals surface area contributed by atoms with Crippen LogP contribution in [0, 0.1) is 4.91 Å². The summed E-state index contributed by atoms with van der Waals surface area (Å²) in [5, 5.41) is 3.84. The standard InChI is InChI=1S/C11H8Cl2N2O/c12-10-3-1-2-8(11(10)13)9-6-14-4-7(9)5-15-16/h1-4,6,14H,5H2. The molecule has 0 radical (unpaired) electrons. The largest absolute Gasteiger partial charge is 0.367 e. The van der Waals surface area contributed by atoms with E-state index in [1.807, 2.05) is 12.1 Å². The molecule has 82 valence electrons. The van der Waals surface area contributed by atoms with Crippen LogP contribution in [-0.2, 0) is 6.54 Å². The molecule has 0 unspecified atom stereocenters. The zero-order valence-corrected chi connectivity index (χ0v) is 9.72. The Morgan fingerprint density at radius 2 is 2.00 bits per heavy atom. The summed E-state index contributed by atoms with van der Waals surface area (Å²) in [6, 6.07) is 5.39. The number of nitroso groups, excluding NO2 is 1. The summed E-state index contributed by atoms with van der Waals surface area (Å²) < 4.78 is 0. The second-order valence-corrected chi connectivity index (χ2v) is 4.07. The molecule has 3 nitrogen and oxygen atoms in total. The van der Waals surface area contributed by atoms with Gasteiger partial charge in [0, 0.05) is 29.1 Å². The van der Waals surface area contributed by atoms with Gasteiger partial charge in [-0.05, 0) is 6.07 Å². The quantitative estimate of drug-likeness (QED) is 0.818. The van der Waals surface area contributed by atoms with Crippen LogP contribution in [-0.4, -0.2) is 4.98 Å². The third-order valence-corrected chi connectivity index (χ3v) is 3.13. The van der Waals surface area contributed by atoms with Crippen LogP contribution in [0.25, 0.3) is 11.1 Å². The van der Waals surface area contributed by atoms with E-state index in [4.69, 9.17) is 23.2 Å². The number of H-pyrrole nitrogens is 1. The molecule has 1 aromatic carbocycles. The summed E-state index contributed by atoms with van der Waals surface area (Å²) in [7, 11) is 0. The molecule has 0 saturated heterocycles. The number of nitrogens with zero attached hydrogens (tertiary/aromatic N) is 1. The monoisotopic (exact) mass is 254 g/mol. The van der Waals surface area contributed by atoms with Gasteiger partial charge in [-0.2, -0.15) is 4.91 Å². The van der Waals surface area contributed by atoms with Crippen molar-refractivity contribution in [2.75, 3.05) is 0 Å². The summed E-state index contributed by atoms with van der Waals surface area (Å²) >= 11 is 12.0. The minimum atomic E-state index is 0.113. The van der Waals surface area contributed by atoms with Crippen LogP contribution in [0.3, 0.4) is 0 Å². The van der Waals surface area contributed by atoms with Crippen molar-refractivity contribution in [2.24, 2.45) is 5.18 Å². The lowest BCUT2D eigenvalue weighted by atomic mass is 10.0. The molecule has 0 aliphatic heterocycles. The van der Waals surface area contributed by atoms with Gasteiger partial charge in [0.2, 0.25) is 0 Å². The number of benzene rings is 1. The van der Waals surface area contributed by atoms with Crippen molar-refractivity contribution < 1.29 is 0 Å². The molecule has 2 aromatic rings. The van der Waals surface area contributed by atoms with Gasteiger partial charge in [0.05, 0.1) is 10.0 Å². The van der Waals surface area contributed by atoms with E-state index in [1.165, 1.54) is 0 Å². The Bertz CT molecular complexity index is 522. The molecule has 16 heavy (non-hydrogen) atoms. The summed E-state index contributed by atoms with van der Waals surface area (Å²) in [5.74, 6) is 0. The summed E-state index contributed by atoms with van der Waals surface area (Å²) in [6.07, 6.45) is 3.51. The zero-order chi connectivity index (χ0) is 11.5. The Morgan fingerprint density at radius 1 is 1.19 bits per heavy atom. The van der Waals surface area contributed by atoms with Crippen molar-refractivity contribution in [3.63, 3.8) is 0 Å². The molecule has 2 rings (SSSR count). The molecular formula is C11H8Cl2N2O. The molecule has 5 heteroatoms. The number of hydrogen-bond donors (Lipinski definition) is 1. The van der Waals surface area contributed by atoms with Crippen molar-refractivity contribution >= 4 is 23.2 Å². The van der Waals surface area contributed by atoms with Crippen LogP contribution >= 0.6 is 23.2 Å². The smallest absolute Gasteiger partial charge is 0.108 e. The van der Waals surface area contributed by atoms with Crippen LogP contribution in [0.4, 0.5) is 0 Å². The maximum Gasteiger partial charge on any atom is 0.108 e. The van der Waals surface area contributed by atoms with Crippen molar-refractivity contribution in [1.29, 1.82) is 0 Å². The maximum absolute atomic E-state index is 10.3. The molecule has 0 aliphatic rings. The normalized spacial score (nSPS) is 10.4. The van der Waals surface area contributed by atoms with E-state index in [1.54, 1.807) is 18.5 Å². The first-order valence-electron chi connectivity index (χ1n) is 4.63. The van der Waals surface area contributed by atoms with Gasteiger partial charge in [0.1, 0.15) is 6.54 Å². The van der Waals surface area contributed by atoms with Gasteiger partial charge < -0.3 is 4.98 Å². The van der Waals surface area contributed by atoms with Crippen LogP contribution in [0.1, 0.15) is 5.56 Å². The number of hydrogen-bond acceptors (Lipinski definition) is 2.